The molecule has 0 fully saturated rings. The number of imidazole rings is 1. The number of hydrogen-bond donors (Lipinski definition) is 0. The topological polar surface area (TPSA) is 44.0 Å². The van der Waals surface area contributed by atoms with Gasteiger partial charge in [0.15, 0.2) is 5.78 Å². The molecule has 4 heteroatoms. The molecule has 0 saturated carbocycles. The molecule has 0 aliphatic rings. The fraction of sp³-hybridized carbons (Fsp3) is 0.600. The van der Waals surface area contributed by atoms with Gasteiger partial charge in [-0.2, -0.15) is 0 Å². The normalized spacial score (nSPS) is 11.7. The van der Waals surface area contributed by atoms with E-state index in [0.29, 0.717) is 0 Å². The number of hydrogen-bond acceptors (Lipinski definition) is 2. The first kappa shape index (κ1) is 10.8. The van der Waals surface area contributed by atoms with E-state index in [1.54, 1.807) is 19.4 Å². The zero-order valence-electron chi connectivity index (χ0n) is 9.07. The van der Waals surface area contributed by atoms with Crippen molar-refractivity contribution >= 4 is 5.78 Å². The van der Waals surface area contributed by atoms with Gasteiger partial charge >= 0.3 is 5.69 Å². The fourth-order valence-corrected chi connectivity index (χ4v) is 1.02. The average Bonchev–Trinajstić information content (AvgIpc) is 2.34. The van der Waals surface area contributed by atoms with Gasteiger partial charge in [-0.15, -0.1) is 0 Å². The van der Waals surface area contributed by atoms with E-state index >= 15 is 0 Å². The zero-order valence-corrected chi connectivity index (χ0v) is 9.07. The van der Waals surface area contributed by atoms with Crippen molar-refractivity contribution in [2.24, 2.45) is 12.5 Å². The number of carbonyl (C=O) groups excluding carboxylic acids is 1. The number of carbonyl (C=O) groups is 1. The molecule has 0 spiro atoms. The Hall–Kier alpha value is -1.32. The predicted octanol–water partition coefficient (Wildman–Crippen LogP) is 0.802. The molecule has 0 aromatic carbocycles. The maximum atomic E-state index is 11.6. The van der Waals surface area contributed by atoms with Gasteiger partial charge < -0.3 is 4.57 Å². The molecule has 0 atom stereocenters. The highest BCUT2D eigenvalue weighted by Crippen LogP contribution is 2.14. The largest absolute Gasteiger partial charge is 0.328 e. The summed E-state index contributed by atoms with van der Waals surface area (Å²) >= 11 is 0. The number of rotatable bonds is 2. The number of aryl methyl sites for hydroxylation is 1. The summed E-state index contributed by atoms with van der Waals surface area (Å²) in [5.41, 5.74) is -0.544. The Morgan fingerprint density at radius 3 is 2.29 bits per heavy atom. The minimum absolute atomic E-state index is 0.0609. The highest BCUT2D eigenvalue weighted by atomic mass is 16.2. The van der Waals surface area contributed by atoms with Crippen LogP contribution in [-0.4, -0.2) is 14.9 Å². The van der Waals surface area contributed by atoms with Gasteiger partial charge in [0.2, 0.25) is 0 Å². The SMILES string of the molecule is Cn1ccn(CC(=O)C(C)(C)C)c1=O. The third kappa shape index (κ3) is 2.13. The van der Waals surface area contributed by atoms with Gasteiger partial charge in [-0.25, -0.2) is 4.79 Å². The van der Waals surface area contributed by atoms with E-state index in [9.17, 15) is 9.59 Å². The minimum atomic E-state index is -0.394. The van der Waals surface area contributed by atoms with Crippen LogP contribution in [0.3, 0.4) is 0 Å². The summed E-state index contributed by atoms with van der Waals surface area (Å²) in [6.07, 6.45) is 3.28. The Bertz CT molecular complexity index is 393. The van der Waals surface area contributed by atoms with Crippen molar-refractivity contribution in [3.8, 4) is 0 Å². The maximum absolute atomic E-state index is 11.6. The van der Waals surface area contributed by atoms with Gasteiger partial charge in [-0.3, -0.25) is 9.36 Å². The number of ketones is 1. The molecule has 1 aromatic rings. The Morgan fingerprint density at radius 2 is 1.93 bits per heavy atom. The molecule has 0 radical (unpaired) electrons. The van der Waals surface area contributed by atoms with Gasteiger partial charge in [-0.1, -0.05) is 20.8 Å². The molecular weight excluding hydrogens is 180 g/mol. The molecule has 4 nitrogen and oxygen atoms in total. The van der Waals surface area contributed by atoms with Gasteiger partial charge in [0.05, 0.1) is 6.54 Å². The van der Waals surface area contributed by atoms with E-state index in [0.717, 1.165) is 0 Å². The Kier molecular flexibility index (Phi) is 2.64. The first-order chi connectivity index (χ1) is 6.32. The lowest BCUT2D eigenvalue weighted by atomic mass is 9.91. The van der Waals surface area contributed by atoms with Crippen LogP contribution < -0.4 is 5.69 Å². The van der Waals surface area contributed by atoms with Crippen LogP contribution in [0.25, 0.3) is 0 Å². The van der Waals surface area contributed by atoms with Crippen LogP contribution in [0.1, 0.15) is 20.8 Å². The molecule has 0 aliphatic carbocycles. The van der Waals surface area contributed by atoms with E-state index < -0.39 is 5.41 Å². The summed E-state index contributed by atoms with van der Waals surface area (Å²) in [4.78, 5) is 23.0. The van der Waals surface area contributed by atoms with Crippen LogP contribution in [0.15, 0.2) is 17.2 Å². The van der Waals surface area contributed by atoms with E-state index in [-0.39, 0.29) is 18.0 Å². The summed E-state index contributed by atoms with van der Waals surface area (Å²) in [6.45, 7) is 5.71. The molecule has 78 valence electrons. The Balaban J connectivity index is 2.86. The average molecular weight is 196 g/mol. The van der Waals surface area contributed by atoms with E-state index in [4.69, 9.17) is 0 Å². The second kappa shape index (κ2) is 3.44. The molecule has 0 saturated heterocycles. The van der Waals surface area contributed by atoms with Crippen molar-refractivity contribution in [1.29, 1.82) is 0 Å². The summed E-state index contributed by atoms with van der Waals surface area (Å²) in [6, 6.07) is 0. The molecule has 0 unspecified atom stereocenters. The lowest BCUT2D eigenvalue weighted by Crippen LogP contribution is -2.30. The molecule has 0 aliphatic heterocycles. The molecule has 1 heterocycles. The van der Waals surface area contributed by atoms with Crippen LogP contribution in [0, 0.1) is 5.41 Å². The van der Waals surface area contributed by atoms with Gasteiger partial charge in [0, 0.05) is 24.9 Å². The summed E-state index contributed by atoms with van der Waals surface area (Å²) in [5.74, 6) is 0.0609. The molecular formula is C10H16N2O2. The third-order valence-corrected chi connectivity index (χ3v) is 2.17. The van der Waals surface area contributed by atoms with Crippen molar-refractivity contribution < 1.29 is 4.79 Å². The van der Waals surface area contributed by atoms with E-state index in [1.807, 2.05) is 20.8 Å². The smallest absolute Gasteiger partial charge is 0.302 e. The van der Waals surface area contributed by atoms with Crippen LogP contribution >= 0.6 is 0 Å². The number of Topliss-reactive ketones (excluding diaryl/α,β-unsaturated/α-hetero) is 1. The molecule has 1 rings (SSSR count). The predicted molar refractivity (Wildman–Crippen MR) is 54.1 cm³/mol. The van der Waals surface area contributed by atoms with E-state index in [2.05, 4.69) is 0 Å². The molecule has 14 heavy (non-hydrogen) atoms. The quantitative estimate of drug-likeness (QED) is 0.702. The van der Waals surface area contributed by atoms with Crippen molar-refractivity contribution in [1.82, 2.24) is 9.13 Å². The highest BCUT2D eigenvalue weighted by molar-refractivity contribution is 5.83. The highest BCUT2D eigenvalue weighted by Gasteiger charge is 2.21. The van der Waals surface area contributed by atoms with Gasteiger partial charge in [0.25, 0.3) is 0 Å². The first-order valence-corrected chi connectivity index (χ1v) is 4.57. The standard InChI is InChI=1S/C10H16N2O2/c1-10(2,3)8(13)7-12-6-5-11(4)9(12)14/h5-6H,7H2,1-4H3. The van der Waals surface area contributed by atoms with E-state index in [1.165, 1.54) is 9.13 Å². The third-order valence-electron chi connectivity index (χ3n) is 2.17. The minimum Gasteiger partial charge on any atom is -0.302 e. The summed E-state index contributed by atoms with van der Waals surface area (Å²) in [5, 5.41) is 0. The van der Waals surface area contributed by atoms with Crippen LogP contribution in [0.2, 0.25) is 0 Å². The monoisotopic (exact) mass is 196 g/mol. The summed E-state index contributed by atoms with van der Waals surface area (Å²) in [7, 11) is 1.67. The second-order valence-electron chi connectivity index (χ2n) is 4.49. The second-order valence-corrected chi connectivity index (χ2v) is 4.49. The van der Waals surface area contributed by atoms with Crippen LogP contribution in [0.5, 0.6) is 0 Å². The van der Waals surface area contributed by atoms with Gasteiger partial charge in [-0.05, 0) is 0 Å². The van der Waals surface area contributed by atoms with Crippen LogP contribution in [0.4, 0.5) is 0 Å². The van der Waals surface area contributed by atoms with Crippen molar-refractivity contribution in [3.05, 3.63) is 22.9 Å². The van der Waals surface area contributed by atoms with Crippen molar-refractivity contribution in [2.45, 2.75) is 27.3 Å². The Labute approximate surface area is 83.2 Å². The van der Waals surface area contributed by atoms with Gasteiger partial charge in [0.1, 0.15) is 0 Å². The maximum Gasteiger partial charge on any atom is 0.328 e. The Morgan fingerprint density at radius 1 is 1.36 bits per heavy atom. The molecule has 0 N–H and O–H groups in total. The van der Waals surface area contributed by atoms with Crippen LogP contribution in [-0.2, 0) is 18.4 Å². The number of aromatic nitrogens is 2. The number of nitrogens with zero attached hydrogens (tertiary/aromatic N) is 2. The zero-order chi connectivity index (χ0) is 10.9. The first-order valence-electron chi connectivity index (χ1n) is 4.57. The molecule has 1 aromatic heterocycles. The molecule has 0 amide bonds. The summed E-state index contributed by atoms with van der Waals surface area (Å²) < 4.78 is 2.88. The molecule has 0 bridgehead atoms. The lowest BCUT2D eigenvalue weighted by Gasteiger charge is -2.16. The lowest BCUT2D eigenvalue weighted by molar-refractivity contribution is -0.126. The van der Waals surface area contributed by atoms with Crippen molar-refractivity contribution in [2.75, 3.05) is 0 Å². The fourth-order valence-electron chi connectivity index (χ4n) is 1.02. The van der Waals surface area contributed by atoms with Crippen molar-refractivity contribution in [3.63, 3.8) is 0 Å².